The lowest BCUT2D eigenvalue weighted by Crippen LogP contribution is -2.23. The summed E-state index contributed by atoms with van der Waals surface area (Å²) in [5.74, 6) is -0.986. The molecule has 0 atom stereocenters. The summed E-state index contributed by atoms with van der Waals surface area (Å²) in [4.78, 5) is 42.0. The van der Waals surface area contributed by atoms with E-state index in [-0.39, 0.29) is 12.8 Å². The van der Waals surface area contributed by atoms with Crippen LogP contribution in [0.1, 0.15) is 53.4 Å². The van der Waals surface area contributed by atoms with Crippen LogP contribution in [-0.4, -0.2) is 23.1 Å². The lowest BCUT2D eigenvalue weighted by atomic mass is 10.1. The minimum atomic E-state index is -0.727. The highest BCUT2D eigenvalue weighted by Gasteiger charge is 2.19. The molecule has 0 aromatic carbocycles. The van der Waals surface area contributed by atoms with Crippen LogP contribution in [0.25, 0.3) is 0 Å². The van der Waals surface area contributed by atoms with Gasteiger partial charge in [-0.25, -0.2) is 9.59 Å². The van der Waals surface area contributed by atoms with E-state index in [1.165, 1.54) is 12.2 Å². The highest BCUT2D eigenvalue weighted by molar-refractivity contribution is 5.69. The third-order valence-electron chi connectivity index (χ3n) is 2.69. The topological polar surface area (TPSA) is 71.1 Å². The lowest BCUT2D eigenvalue weighted by molar-refractivity contribution is -0.313. The molecule has 22 heavy (non-hydrogen) atoms. The molecule has 0 amide bonds. The van der Waals surface area contributed by atoms with Crippen molar-refractivity contribution in [3.63, 3.8) is 0 Å². The molecule has 0 radical (unpaired) electrons. The van der Waals surface area contributed by atoms with Gasteiger partial charge in [0.05, 0.1) is 0 Å². The average Bonchev–Trinajstić information content (AvgIpc) is 2.47. The summed E-state index contributed by atoms with van der Waals surface area (Å²) in [5.41, 5.74) is -1.45. The van der Waals surface area contributed by atoms with Gasteiger partial charge in [-0.05, 0) is 40.5 Å². The normalized spacial score (nSPS) is 11.6. The molecule has 0 saturated heterocycles. The Labute approximate surface area is 131 Å². The Morgan fingerprint density at radius 3 is 1.41 bits per heavy atom. The first kappa shape index (κ1) is 20.3. The van der Waals surface area contributed by atoms with Gasteiger partial charge >= 0.3 is 11.9 Å². The molecule has 0 aliphatic carbocycles. The molecule has 0 aromatic heterocycles. The first-order valence-electron chi connectivity index (χ1n) is 7.16. The maximum Gasteiger partial charge on any atom is 0.342 e. The molecule has 0 heterocycles. The smallest absolute Gasteiger partial charge is 0.297 e. The first-order valence-corrected chi connectivity index (χ1v) is 7.16. The van der Waals surface area contributed by atoms with Crippen molar-refractivity contribution >= 4 is 11.9 Å². The Morgan fingerprint density at radius 1 is 0.818 bits per heavy atom. The summed E-state index contributed by atoms with van der Waals surface area (Å²) in [6.45, 7) is 14.0. The van der Waals surface area contributed by atoms with Crippen LogP contribution < -0.4 is 0 Å². The summed E-state index contributed by atoms with van der Waals surface area (Å²) in [6.07, 6.45) is 4.33. The number of hydrogen-bond acceptors (Lipinski definition) is 6. The van der Waals surface area contributed by atoms with Crippen molar-refractivity contribution in [1.29, 1.82) is 0 Å². The second-order valence-corrected chi connectivity index (χ2v) is 5.90. The Bertz CT molecular complexity index is 359. The number of unbranched alkanes of at least 4 members (excludes halogenated alkanes) is 1. The molecule has 6 nitrogen and oxygen atoms in total. The van der Waals surface area contributed by atoms with Gasteiger partial charge in [0.2, 0.25) is 0 Å². The van der Waals surface area contributed by atoms with Crippen LogP contribution in [-0.2, 0) is 29.1 Å². The fourth-order valence-corrected chi connectivity index (χ4v) is 0.998. The number of hydrogen-bond donors (Lipinski definition) is 0. The molecule has 0 aliphatic heterocycles. The van der Waals surface area contributed by atoms with Crippen LogP contribution in [0.3, 0.4) is 0 Å². The Kier molecular flexibility index (Phi) is 8.67. The van der Waals surface area contributed by atoms with E-state index < -0.39 is 23.1 Å². The third kappa shape index (κ3) is 10.1. The monoisotopic (exact) mass is 314 g/mol. The van der Waals surface area contributed by atoms with Crippen molar-refractivity contribution in [2.24, 2.45) is 0 Å². The average molecular weight is 314 g/mol. The van der Waals surface area contributed by atoms with Crippen LogP contribution in [0, 0.1) is 0 Å². The van der Waals surface area contributed by atoms with Crippen LogP contribution in [0.5, 0.6) is 0 Å². The summed E-state index contributed by atoms with van der Waals surface area (Å²) < 4.78 is 0. The van der Waals surface area contributed by atoms with Crippen molar-refractivity contribution in [2.45, 2.75) is 64.6 Å². The van der Waals surface area contributed by atoms with Crippen molar-refractivity contribution in [3.8, 4) is 0 Å². The van der Waals surface area contributed by atoms with Crippen molar-refractivity contribution in [2.75, 3.05) is 0 Å². The van der Waals surface area contributed by atoms with Gasteiger partial charge in [-0.15, -0.1) is 13.2 Å². The van der Waals surface area contributed by atoms with E-state index in [0.29, 0.717) is 12.8 Å². The SMILES string of the molecule is C=CC(C)(C)OOC(=O)CCCCC(=O)OOC(C)(C)C=C. The summed E-state index contributed by atoms with van der Waals surface area (Å²) in [5, 5.41) is 0. The highest BCUT2D eigenvalue weighted by atomic mass is 17.2. The first-order chi connectivity index (χ1) is 10.1. The molecule has 0 aliphatic rings. The molecule has 0 unspecified atom stereocenters. The van der Waals surface area contributed by atoms with Crippen LogP contribution >= 0.6 is 0 Å². The van der Waals surface area contributed by atoms with Crippen molar-refractivity contribution in [1.82, 2.24) is 0 Å². The fraction of sp³-hybridized carbons (Fsp3) is 0.625. The zero-order valence-corrected chi connectivity index (χ0v) is 13.8. The molecule has 126 valence electrons. The van der Waals surface area contributed by atoms with Gasteiger partial charge in [0, 0.05) is 12.8 Å². The predicted molar refractivity (Wildman–Crippen MR) is 81.4 cm³/mol. The van der Waals surface area contributed by atoms with Gasteiger partial charge in [-0.3, -0.25) is 9.78 Å². The number of carbonyl (C=O) groups is 2. The van der Waals surface area contributed by atoms with Crippen molar-refractivity contribution < 1.29 is 29.1 Å². The quantitative estimate of drug-likeness (QED) is 0.252. The molecule has 0 rings (SSSR count). The van der Waals surface area contributed by atoms with Crippen LogP contribution in [0.15, 0.2) is 25.3 Å². The third-order valence-corrected chi connectivity index (χ3v) is 2.69. The van der Waals surface area contributed by atoms with E-state index in [0.717, 1.165) is 0 Å². The molecule has 6 heteroatoms. The molecular weight excluding hydrogens is 288 g/mol. The second kappa shape index (κ2) is 9.38. The van der Waals surface area contributed by atoms with Crippen LogP contribution in [0.2, 0.25) is 0 Å². The van der Waals surface area contributed by atoms with Gasteiger partial charge in [0.1, 0.15) is 11.2 Å². The summed E-state index contributed by atoms with van der Waals surface area (Å²) in [6, 6.07) is 0. The highest BCUT2D eigenvalue weighted by Crippen LogP contribution is 2.13. The molecule has 0 aromatic rings. The van der Waals surface area contributed by atoms with Crippen LogP contribution in [0.4, 0.5) is 0 Å². The molecule has 0 N–H and O–H groups in total. The molecule has 0 fully saturated rings. The lowest BCUT2D eigenvalue weighted by Gasteiger charge is -2.18. The largest absolute Gasteiger partial charge is 0.342 e. The summed E-state index contributed by atoms with van der Waals surface area (Å²) in [7, 11) is 0. The molecule has 0 bridgehead atoms. The maximum absolute atomic E-state index is 11.4. The zero-order valence-electron chi connectivity index (χ0n) is 13.8. The molecule has 0 spiro atoms. The van der Waals surface area contributed by atoms with E-state index in [1.54, 1.807) is 27.7 Å². The summed E-state index contributed by atoms with van der Waals surface area (Å²) >= 11 is 0. The van der Waals surface area contributed by atoms with E-state index in [4.69, 9.17) is 9.78 Å². The van der Waals surface area contributed by atoms with Gasteiger partial charge in [-0.1, -0.05) is 12.2 Å². The number of carbonyl (C=O) groups excluding carboxylic acids is 2. The van der Waals surface area contributed by atoms with Gasteiger partial charge in [0.15, 0.2) is 0 Å². The standard InChI is InChI=1S/C16H26O6/c1-7-15(3,4)21-19-13(17)11-9-10-12-14(18)20-22-16(5,6)8-2/h7-8H,1-2,9-12H2,3-6H3. The maximum atomic E-state index is 11.4. The Hall–Kier alpha value is -1.66. The van der Waals surface area contributed by atoms with Gasteiger partial charge in [0.25, 0.3) is 0 Å². The van der Waals surface area contributed by atoms with E-state index >= 15 is 0 Å². The minimum Gasteiger partial charge on any atom is -0.297 e. The van der Waals surface area contributed by atoms with E-state index in [9.17, 15) is 9.59 Å². The van der Waals surface area contributed by atoms with Gasteiger partial charge in [-0.2, -0.15) is 9.78 Å². The Balaban J connectivity index is 3.76. The van der Waals surface area contributed by atoms with Gasteiger partial charge < -0.3 is 0 Å². The predicted octanol–water partition coefficient (Wildman–Crippen LogP) is 3.43. The molecule has 0 saturated carbocycles. The Morgan fingerprint density at radius 2 is 1.14 bits per heavy atom. The van der Waals surface area contributed by atoms with E-state index in [2.05, 4.69) is 22.9 Å². The minimum absolute atomic E-state index is 0.152. The fourth-order valence-electron chi connectivity index (χ4n) is 0.998. The number of rotatable bonds is 11. The molecular formula is C16H26O6. The van der Waals surface area contributed by atoms with E-state index in [1.807, 2.05) is 0 Å². The second-order valence-electron chi connectivity index (χ2n) is 5.90. The van der Waals surface area contributed by atoms with Crippen molar-refractivity contribution in [3.05, 3.63) is 25.3 Å². The zero-order chi connectivity index (χ0) is 17.2.